The first-order valence-corrected chi connectivity index (χ1v) is 6.26. The van der Waals surface area contributed by atoms with Crippen molar-refractivity contribution in [3.63, 3.8) is 0 Å². The zero-order valence-electron chi connectivity index (χ0n) is 9.99. The third-order valence-corrected chi connectivity index (χ3v) is 4.05. The molecule has 2 fully saturated rings. The topological polar surface area (TPSA) is 37.4 Å². The van der Waals surface area contributed by atoms with E-state index >= 15 is 0 Å². The van der Waals surface area contributed by atoms with Crippen molar-refractivity contribution in [2.24, 2.45) is 5.41 Å². The van der Waals surface area contributed by atoms with Crippen molar-refractivity contribution < 1.29 is 14.0 Å². The van der Waals surface area contributed by atoms with Crippen LogP contribution in [0.3, 0.4) is 0 Å². The van der Waals surface area contributed by atoms with E-state index in [4.69, 9.17) is 0 Å². The van der Waals surface area contributed by atoms with Gasteiger partial charge in [0.05, 0.1) is 11.1 Å². The van der Waals surface area contributed by atoms with Crippen LogP contribution in [0.4, 0.5) is 10.1 Å². The third-order valence-electron chi connectivity index (χ3n) is 4.05. The maximum Gasteiger partial charge on any atom is 0.240 e. The molecule has 1 spiro atoms. The summed E-state index contributed by atoms with van der Waals surface area (Å²) in [7, 11) is 0. The Labute approximate surface area is 105 Å². The standard InChI is InChI=1S/C14H14FNO2/c15-10-5-1-2-6-11(10)16-12(17)9-14(13(16)18)7-3-4-8-14/h1-2,5-6H,3-4,7-9H2. The minimum atomic E-state index is -0.542. The number of rotatable bonds is 1. The lowest BCUT2D eigenvalue weighted by Gasteiger charge is -2.21. The van der Waals surface area contributed by atoms with Crippen LogP contribution in [0.25, 0.3) is 0 Å². The highest BCUT2D eigenvalue weighted by atomic mass is 19.1. The van der Waals surface area contributed by atoms with Gasteiger partial charge in [0.25, 0.3) is 0 Å². The van der Waals surface area contributed by atoms with Crippen LogP contribution in [0.2, 0.25) is 0 Å². The molecule has 18 heavy (non-hydrogen) atoms. The highest BCUT2D eigenvalue weighted by Gasteiger charge is 2.53. The van der Waals surface area contributed by atoms with E-state index < -0.39 is 11.2 Å². The van der Waals surface area contributed by atoms with E-state index in [1.807, 2.05) is 0 Å². The Balaban J connectivity index is 2.01. The number of hydrogen-bond acceptors (Lipinski definition) is 2. The minimum Gasteiger partial charge on any atom is -0.274 e. The molecule has 1 saturated heterocycles. The van der Waals surface area contributed by atoms with Crippen molar-refractivity contribution in [3.05, 3.63) is 30.1 Å². The maximum absolute atomic E-state index is 13.7. The van der Waals surface area contributed by atoms with Gasteiger partial charge in [-0.25, -0.2) is 9.29 Å². The van der Waals surface area contributed by atoms with Crippen LogP contribution in [-0.4, -0.2) is 11.8 Å². The smallest absolute Gasteiger partial charge is 0.240 e. The van der Waals surface area contributed by atoms with Crippen LogP contribution < -0.4 is 4.90 Å². The van der Waals surface area contributed by atoms with Crippen LogP contribution in [0.15, 0.2) is 24.3 Å². The molecule has 3 rings (SSSR count). The fourth-order valence-electron chi connectivity index (χ4n) is 3.11. The van der Waals surface area contributed by atoms with Crippen molar-refractivity contribution >= 4 is 17.5 Å². The Morgan fingerprint density at radius 1 is 1.11 bits per heavy atom. The molecule has 94 valence electrons. The number of anilines is 1. The van der Waals surface area contributed by atoms with Crippen LogP contribution in [0, 0.1) is 11.2 Å². The van der Waals surface area contributed by atoms with Crippen molar-refractivity contribution in [1.82, 2.24) is 0 Å². The summed E-state index contributed by atoms with van der Waals surface area (Å²) < 4.78 is 13.7. The second kappa shape index (κ2) is 3.90. The fourth-order valence-corrected chi connectivity index (χ4v) is 3.11. The molecule has 1 heterocycles. The normalized spacial score (nSPS) is 22.2. The number of para-hydroxylation sites is 1. The zero-order chi connectivity index (χ0) is 12.8. The van der Waals surface area contributed by atoms with Gasteiger partial charge in [-0.2, -0.15) is 0 Å². The molecule has 0 atom stereocenters. The predicted octanol–water partition coefficient (Wildman–Crippen LogP) is 2.65. The van der Waals surface area contributed by atoms with Gasteiger partial charge in [-0.15, -0.1) is 0 Å². The molecule has 0 aromatic heterocycles. The average Bonchev–Trinajstić information content (AvgIpc) is 2.89. The molecule has 1 aromatic carbocycles. The van der Waals surface area contributed by atoms with E-state index in [1.54, 1.807) is 12.1 Å². The second-order valence-electron chi connectivity index (χ2n) is 5.15. The van der Waals surface area contributed by atoms with Gasteiger partial charge in [0.1, 0.15) is 5.82 Å². The molecule has 1 aliphatic heterocycles. The molecule has 3 nitrogen and oxygen atoms in total. The number of carbonyl (C=O) groups is 2. The van der Waals surface area contributed by atoms with Crippen molar-refractivity contribution in [3.8, 4) is 0 Å². The monoisotopic (exact) mass is 247 g/mol. The summed E-state index contributed by atoms with van der Waals surface area (Å²) in [6.45, 7) is 0. The first-order chi connectivity index (χ1) is 8.64. The highest BCUT2D eigenvalue weighted by Crippen LogP contribution is 2.48. The molecule has 1 aliphatic carbocycles. The summed E-state index contributed by atoms with van der Waals surface area (Å²) in [5, 5.41) is 0. The van der Waals surface area contributed by atoms with Crippen LogP contribution in [0.5, 0.6) is 0 Å². The molecule has 0 unspecified atom stereocenters. The molecule has 2 amide bonds. The maximum atomic E-state index is 13.7. The fraction of sp³-hybridized carbons (Fsp3) is 0.429. The molecule has 1 aromatic rings. The Morgan fingerprint density at radius 3 is 2.44 bits per heavy atom. The van der Waals surface area contributed by atoms with Gasteiger partial charge >= 0.3 is 0 Å². The van der Waals surface area contributed by atoms with E-state index in [1.165, 1.54) is 12.1 Å². The quantitative estimate of drug-likeness (QED) is 0.715. The molecule has 0 N–H and O–H groups in total. The van der Waals surface area contributed by atoms with Gasteiger partial charge < -0.3 is 0 Å². The molecule has 0 radical (unpaired) electrons. The van der Waals surface area contributed by atoms with Crippen molar-refractivity contribution in [2.75, 3.05) is 4.90 Å². The summed E-state index contributed by atoms with van der Waals surface area (Å²) in [6.07, 6.45) is 3.69. The molecule has 1 saturated carbocycles. The van der Waals surface area contributed by atoms with E-state index in [9.17, 15) is 14.0 Å². The number of amides is 2. The van der Waals surface area contributed by atoms with E-state index in [0.29, 0.717) is 0 Å². The van der Waals surface area contributed by atoms with Gasteiger partial charge in [0, 0.05) is 6.42 Å². The Bertz CT molecular complexity index is 520. The summed E-state index contributed by atoms with van der Waals surface area (Å²) in [5.41, 5.74) is -0.449. The van der Waals surface area contributed by atoms with E-state index in [-0.39, 0.29) is 23.9 Å². The number of nitrogens with zero attached hydrogens (tertiary/aromatic N) is 1. The summed E-state index contributed by atoms with van der Waals surface area (Å²) in [6, 6.07) is 5.95. The molecular weight excluding hydrogens is 233 g/mol. The van der Waals surface area contributed by atoms with Gasteiger partial charge in [-0.3, -0.25) is 9.59 Å². The predicted molar refractivity (Wildman–Crippen MR) is 64.4 cm³/mol. The Morgan fingerprint density at radius 2 is 1.78 bits per heavy atom. The van der Waals surface area contributed by atoms with E-state index in [0.717, 1.165) is 30.6 Å². The third kappa shape index (κ3) is 1.48. The number of benzene rings is 1. The number of hydrogen-bond donors (Lipinski definition) is 0. The van der Waals surface area contributed by atoms with Crippen molar-refractivity contribution in [1.29, 1.82) is 0 Å². The lowest BCUT2D eigenvalue weighted by atomic mass is 9.84. The number of carbonyl (C=O) groups excluding carboxylic acids is 2. The Hall–Kier alpha value is -1.71. The van der Waals surface area contributed by atoms with Gasteiger partial charge in [-0.05, 0) is 25.0 Å². The van der Waals surface area contributed by atoms with Gasteiger partial charge in [-0.1, -0.05) is 25.0 Å². The van der Waals surface area contributed by atoms with Crippen LogP contribution in [0.1, 0.15) is 32.1 Å². The number of imide groups is 1. The largest absolute Gasteiger partial charge is 0.274 e. The van der Waals surface area contributed by atoms with E-state index in [2.05, 4.69) is 0 Å². The highest BCUT2D eigenvalue weighted by molar-refractivity contribution is 6.22. The van der Waals surface area contributed by atoms with Crippen molar-refractivity contribution in [2.45, 2.75) is 32.1 Å². The first-order valence-electron chi connectivity index (χ1n) is 6.26. The summed E-state index contributed by atoms with van der Waals surface area (Å²) in [4.78, 5) is 25.5. The molecule has 2 aliphatic rings. The SMILES string of the molecule is O=C1CC2(CCCC2)C(=O)N1c1ccccc1F. The molecular formula is C14H14FNO2. The zero-order valence-corrected chi connectivity index (χ0v) is 9.99. The van der Waals surface area contributed by atoms with Crippen LogP contribution >= 0.6 is 0 Å². The van der Waals surface area contributed by atoms with Gasteiger partial charge in [0.15, 0.2) is 0 Å². The van der Waals surface area contributed by atoms with Crippen LogP contribution in [-0.2, 0) is 9.59 Å². The molecule has 4 heteroatoms. The Kier molecular flexibility index (Phi) is 2.47. The lowest BCUT2D eigenvalue weighted by Crippen LogP contribution is -2.34. The average molecular weight is 247 g/mol. The molecule has 0 bridgehead atoms. The minimum absolute atomic E-state index is 0.0938. The first kappa shape index (κ1) is 11.4. The second-order valence-corrected chi connectivity index (χ2v) is 5.15. The lowest BCUT2D eigenvalue weighted by molar-refractivity contribution is -0.125. The van der Waals surface area contributed by atoms with Gasteiger partial charge in [0.2, 0.25) is 11.8 Å². The summed E-state index contributed by atoms with van der Waals surface area (Å²) in [5.74, 6) is -1.00. The number of halogens is 1. The summed E-state index contributed by atoms with van der Waals surface area (Å²) >= 11 is 0.